The maximum atomic E-state index is 13.1. The van der Waals surface area contributed by atoms with Gasteiger partial charge in [-0.05, 0) is 56.5 Å². The van der Waals surface area contributed by atoms with Gasteiger partial charge in [0, 0.05) is 24.6 Å². The second kappa shape index (κ2) is 9.86. The normalized spacial score (nSPS) is 14.7. The molecule has 0 atom stereocenters. The first-order valence-electron chi connectivity index (χ1n) is 11.3. The van der Waals surface area contributed by atoms with Gasteiger partial charge in [0.1, 0.15) is 5.82 Å². The Morgan fingerprint density at radius 1 is 1.10 bits per heavy atom. The zero-order chi connectivity index (χ0) is 21.6. The molecular weight excluding hydrogens is 390 g/mol. The number of benzene rings is 2. The molecule has 0 saturated carbocycles. The average Bonchev–Trinajstić information content (AvgIpc) is 3.24. The minimum Gasteiger partial charge on any atom is -0.490 e. The van der Waals surface area contributed by atoms with Gasteiger partial charge >= 0.3 is 0 Å². The first-order chi connectivity index (χ1) is 15.2. The summed E-state index contributed by atoms with van der Waals surface area (Å²) in [7, 11) is 0. The van der Waals surface area contributed by atoms with Crippen LogP contribution in [0.15, 0.2) is 42.5 Å². The van der Waals surface area contributed by atoms with Crippen LogP contribution in [0.3, 0.4) is 0 Å². The van der Waals surface area contributed by atoms with Crippen molar-refractivity contribution in [2.75, 3.05) is 26.3 Å². The number of fused-ring (bicyclic) bond motifs is 1. The number of H-pyrrole nitrogens is 1. The number of imidazole rings is 1. The minimum atomic E-state index is 0.0455. The Kier molecular flexibility index (Phi) is 6.75. The number of piperidine rings is 1. The van der Waals surface area contributed by atoms with E-state index in [1.807, 2.05) is 48.2 Å². The van der Waals surface area contributed by atoms with Crippen LogP contribution in [-0.2, 0) is 0 Å². The molecule has 2 aromatic carbocycles. The lowest BCUT2D eigenvalue weighted by Crippen LogP contribution is -2.38. The highest BCUT2D eigenvalue weighted by molar-refractivity contribution is 5.95. The Balaban J connectivity index is 1.41. The lowest BCUT2D eigenvalue weighted by Gasteiger charge is -2.31. The maximum Gasteiger partial charge on any atom is 0.253 e. The number of likely N-dealkylation sites (tertiary alicyclic amines) is 1. The summed E-state index contributed by atoms with van der Waals surface area (Å²) in [5, 5.41) is 0. The molecule has 0 spiro atoms. The Labute approximate surface area is 183 Å². The van der Waals surface area contributed by atoms with Crippen molar-refractivity contribution in [3.63, 3.8) is 0 Å². The molecular formula is C25H31N3O3. The fourth-order valence-electron chi connectivity index (χ4n) is 4.06. The number of para-hydroxylation sites is 2. The third-order valence-electron chi connectivity index (χ3n) is 5.82. The lowest BCUT2D eigenvalue weighted by atomic mass is 9.95. The van der Waals surface area contributed by atoms with Gasteiger partial charge in [0.05, 0.1) is 24.2 Å². The fourth-order valence-corrected chi connectivity index (χ4v) is 4.06. The second-order valence-corrected chi connectivity index (χ2v) is 8.00. The van der Waals surface area contributed by atoms with E-state index in [2.05, 4.69) is 18.0 Å². The maximum absolute atomic E-state index is 13.1. The molecule has 0 aliphatic carbocycles. The first-order valence-corrected chi connectivity index (χ1v) is 11.3. The molecule has 4 rings (SSSR count). The number of aromatic amines is 1. The highest BCUT2D eigenvalue weighted by Gasteiger charge is 2.27. The van der Waals surface area contributed by atoms with E-state index in [0.29, 0.717) is 36.2 Å². The van der Waals surface area contributed by atoms with Gasteiger partial charge < -0.3 is 19.4 Å². The number of hydrogen-bond acceptors (Lipinski definition) is 4. The summed E-state index contributed by atoms with van der Waals surface area (Å²) >= 11 is 0. The minimum absolute atomic E-state index is 0.0455. The Morgan fingerprint density at radius 2 is 1.90 bits per heavy atom. The Hall–Kier alpha value is -3.02. The van der Waals surface area contributed by atoms with Crippen molar-refractivity contribution in [2.24, 2.45) is 0 Å². The number of aromatic nitrogens is 2. The van der Waals surface area contributed by atoms with Gasteiger partial charge in [-0.15, -0.1) is 0 Å². The van der Waals surface area contributed by atoms with Crippen molar-refractivity contribution in [3.8, 4) is 11.5 Å². The van der Waals surface area contributed by atoms with E-state index in [9.17, 15) is 4.79 Å². The van der Waals surface area contributed by atoms with Crippen LogP contribution in [0.1, 0.15) is 61.6 Å². The predicted molar refractivity (Wildman–Crippen MR) is 122 cm³/mol. The number of ether oxygens (including phenoxy) is 2. The first kappa shape index (κ1) is 21.2. The smallest absolute Gasteiger partial charge is 0.253 e. The fraction of sp³-hybridized carbons (Fsp3) is 0.440. The standard InChI is InChI=1S/C25H31N3O3/c1-3-5-16-31-22-11-10-19(17-23(22)30-4-2)25(29)28-14-12-18(13-15-28)24-26-20-8-6-7-9-21(20)27-24/h6-11,17-18H,3-5,12-16H2,1-2H3,(H,26,27). The molecule has 164 valence electrons. The number of rotatable bonds is 8. The largest absolute Gasteiger partial charge is 0.490 e. The van der Waals surface area contributed by atoms with E-state index >= 15 is 0 Å². The molecule has 1 aliphatic rings. The van der Waals surface area contributed by atoms with Gasteiger partial charge in [-0.1, -0.05) is 25.5 Å². The summed E-state index contributed by atoms with van der Waals surface area (Å²) in [6, 6.07) is 13.6. The molecule has 3 aromatic rings. The van der Waals surface area contributed by atoms with E-state index in [1.165, 1.54) is 0 Å². The van der Waals surface area contributed by atoms with Gasteiger partial charge in [-0.3, -0.25) is 4.79 Å². The molecule has 0 bridgehead atoms. The van der Waals surface area contributed by atoms with E-state index in [-0.39, 0.29) is 5.91 Å². The van der Waals surface area contributed by atoms with E-state index < -0.39 is 0 Å². The third kappa shape index (κ3) is 4.84. The number of hydrogen-bond donors (Lipinski definition) is 1. The van der Waals surface area contributed by atoms with Crippen LogP contribution in [0, 0.1) is 0 Å². The van der Waals surface area contributed by atoms with Gasteiger partial charge in [0.2, 0.25) is 0 Å². The summed E-state index contributed by atoms with van der Waals surface area (Å²) in [6.45, 7) is 6.70. The molecule has 2 heterocycles. The topological polar surface area (TPSA) is 67.5 Å². The van der Waals surface area contributed by atoms with E-state index in [1.54, 1.807) is 0 Å². The van der Waals surface area contributed by atoms with Gasteiger partial charge in [-0.2, -0.15) is 0 Å². The number of unbranched alkanes of at least 4 members (excludes halogenated alkanes) is 1. The van der Waals surface area contributed by atoms with Gasteiger partial charge in [0.25, 0.3) is 5.91 Å². The summed E-state index contributed by atoms with van der Waals surface area (Å²) < 4.78 is 11.6. The lowest BCUT2D eigenvalue weighted by molar-refractivity contribution is 0.0710. The highest BCUT2D eigenvalue weighted by Crippen LogP contribution is 2.31. The number of carbonyl (C=O) groups is 1. The van der Waals surface area contributed by atoms with Crippen LogP contribution in [0.25, 0.3) is 11.0 Å². The molecule has 31 heavy (non-hydrogen) atoms. The summed E-state index contributed by atoms with van der Waals surface area (Å²) in [6.07, 6.45) is 3.88. The summed E-state index contributed by atoms with van der Waals surface area (Å²) in [4.78, 5) is 23.2. The third-order valence-corrected chi connectivity index (χ3v) is 5.82. The zero-order valence-electron chi connectivity index (χ0n) is 18.4. The molecule has 1 N–H and O–H groups in total. The number of nitrogens with one attached hydrogen (secondary N) is 1. The van der Waals surface area contributed by atoms with Gasteiger partial charge in [0.15, 0.2) is 11.5 Å². The summed E-state index contributed by atoms with van der Waals surface area (Å²) in [5.41, 5.74) is 2.72. The quantitative estimate of drug-likeness (QED) is 0.510. The van der Waals surface area contributed by atoms with Crippen LogP contribution in [0.5, 0.6) is 11.5 Å². The number of carbonyl (C=O) groups excluding carboxylic acids is 1. The molecule has 1 saturated heterocycles. The van der Waals surface area contributed by atoms with Crippen LogP contribution in [-0.4, -0.2) is 47.1 Å². The van der Waals surface area contributed by atoms with Crippen molar-refractivity contribution < 1.29 is 14.3 Å². The Morgan fingerprint density at radius 3 is 2.65 bits per heavy atom. The van der Waals surface area contributed by atoms with Crippen LogP contribution < -0.4 is 9.47 Å². The van der Waals surface area contributed by atoms with Crippen molar-refractivity contribution in [2.45, 2.75) is 45.4 Å². The molecule has 1 aromatic heterocycles. The number of nitrogens with zero attached hydrogens (tertiary/aromatic N) is 2. The van der Waals surface area contributed by atoms with Crippen molar-refractivity contribution in [3.05, 3.63) is 53.9 Å². The summed E-state index contributed by atoms with van der Waals surface area (Å²) in [5.74, 6) is 2.77. The van der Waals surface area contributed by atoms with E-state index in [4.69, 9.17) is 14.5 Å². The second-order valence-electron chi connectivity index (χ2n) is 8.00. The Bertz CT molecular complexity index is 989. The predicted octanol–water partition coefficient (Wildman–Crippen LogP) is 5.16. The highest BCUT2D eigenvalue weighted by atomic mass is 16.5. The molecule has 0 unspecified atom stereocenters. The molecule has 1 fully saturated rings. The van der Waals surface area contributed by atoms with E-state index in [0.717, 1.165) is 55.6 Å². The van der Waals surface area contributed by atoms with Crippen molar-refractivity contribution in [1.29, 1.82) is 0 Å². The molecule has 1 amide bonds. The van der Waals surface area contributed by atoms with Crippen LogP contribution >= 0.6 is 0 Å². The van der Waals surface area contributed by atoms with Gasteiger partial charge in [-0.25, -0.2) is 4.98 Å². The van der Waals surface area contributed by atoms with Crippen molar-refractivity contribution in [1.82, 2.24) is 14.9 Å². The molecule has 0 radical (unpaired) electrons. The average molecular weight is 422 g/mol. The molecule has 1 aliphatic heterocycles. The van der Waals surface area contributed by atoms with Crippen molar-refractivity contribution >= 4 is 16.9 Å². The zero-order valence-corrected chi connectivity index (χ0v) is 18.4. The van der Waals surface area contributed by atoms with Crippen LogP contribution in [0.4, 0.5) is 0 Å². The molecule has 6 heteroatoms. The SMILES string of the molecule is CCCCOc1ccc(C(=O)N2CCC(c3nc4ccccc4[nH]3)CC2)cc1OCC. The molecule has 6 nitrogen and oxygen atoms in total. The number of amides is 1. The monoisotopic (exact) mass is 421 g/mol. The van der Waals surface area contributed by atoms with Crippen LogP contribution in [0.2, 0.25) is 0 Å².